The van der Waals surface area contributed by atoms with Crippen molar-refractivity contribution >= 4 is 40.8 Å². The normalized spacial score (nSPS) is 18.7. The van der Waals surface area contributed by atoms with Gasteiger partial charge in [0.2, 0.25) is 5.91 Å². The van der Waals surface area contributed by atoms with Crippen LogP contribution in [0.15, 0.2) is 0 Å². The van der Waals surface area contributed by atoms with Gasteiger partial charge in [-0.2, -0.15) is 12.6 Å². The molecule has 0 saturated carbocycles. The molecule has 0 spiro atoms. The van der Waals surface area contributed by atoms with Crippen molar-refractivity contribution in [1.29, 1.82) is 0 Å². The Hall–Kier alpha value is -1.01. The van der Waals surface area contributed by atoms with E-state index in [-0.39, 0.29) is 17.8 Å². The minimum atomic E-state index is -0.341. The number of carbonyl (C=O) groups excluding carboxylic acids is 2. The van der Waals surface area contributed by atoms with Crippen LogP contribution in [0.25, 0.3) is 0 Å². The third kappa shape index (κ3) is 2.72. The molecule has 1 aliphatic rings. The molecule has 1 unspecified atom stereocenters. The lowest BCUT2D eigenvalue weighted by Gasteiger charge is -2.16. The van der Waals surface area contributed by atoms with Crippen molar-refractivity contribution in [1.82, 2.24) is 0 Å². The number of hydrogen-bond acceptors (Lipinski definition) is 5. The second-order valence-electron chi connectivity index (χ2n) is 4.94. The summed E-state index contributed by atoms with van der Waals surface area (Å²) in [6.07, 6.45) is 0.502. The number of rotatable bonds is 4. The summed E-state index contributed by atoms with van der Waals surface area (Å²) in [4.78, 5) is 27.1. The molecule has 0 aliphatic carbocycles. The van der Waals surface area contributed by atoms with E-state index in [0.717, 1.165) is 15.4 Å². The van der Waals surface area contributed by atoms with Gasteiger partial charge in [-0.3, -0.25) is 4.79 Å². The maximum atomic E-state index is 12.1. The summed E-state index contributed by atoms with van der Waals surface area (Å²) in [7, 11) is 0. The van der Waals surface area contributed by atoms with Gasteiger partial charge in [-0.05, 0) is 38.0 Å². The molecule has 20 heavy (non-hydrogen) atoms. The predicted octanol–water partition coefficient (Wildman–Crippen LogP) is 2.82. The van der Waals surface area contributed by atoms with Crippen LogP contribution in [0.2, 0.25) is 0 Å². The second kappa shape index (κ2) is 6.18. The maximum Gasteiger partial charge on any atom is 0.341 e. The molecule has 0 bridgehead atoms. The molecule has 1 saturated heterocycles. The zero-order valence-corrected chi connectivity index (χ0v) is 13.6. The van der Waals surface area contributed by atoms with Crippen molar-refractivity contribution in [3.05, 3.63) is 16.0 Å². The highest BCUT2D eigenvalue weighted by molar-refractivity contribution is 7.80. The minimum Gasteiger partial charge on any atom is -0.462 e. The van der Waals surface area contributed by atoms with E-state index in [4.69, 9.17) is 4.74 Å². The number of ether oxygens (including phenoxy) is 1. The Morgan fingerprint density at radius 2 is 2.20 bits per heavy atom. The lowest BCUT2D eigenvalue weighted by Crippen LogP contribution is -2.26. The first-order valence-electron chi connectivity index (χ1n) is 6.67. The molecule has 1 aromatic heterocycles. The number of hydrogen-bond donors (Lipinski definition) is 1. The molecular weight excluding hydrogens is 294 g/mol. The van der Waals surface area contributed by atoms with Crippen molar-refractivity contribution in [2.24, 2.45) is 5.92 Å². The standard InChI is InChI=1S/C14H19NO3S2/c1-4-18-14(17)12-8(2)9(3)20-13(12)15-6-10(7-19)5-11(15)16/h10,19H,4-7H2,1-3H3. The molecule has 110 valence electrons. The summed E-state index contributed by atoms with van der Waals surface area (Å²) >= 11 is 5.76. The smallest absolute Gasteiger partial charge is 0.341 e. The van der Waals surface area contributed by atoms with Crippen molar-refractivity contribution in [3.8, 4) is 0 Å². The number of aryl methyl sites for hydroxylation is 1. The molecule has 1 aliphatic heterocycles. The number of carbonyl (C=O) groups is 2. The Bertz CT molecular complexity index is 539. The van der Waals surface area contributed by atoms with Crippen LogP contribution < -0.4 is 4.90 Å². The highest BCUT2D eigenvalue weighted by atomic mass is 32.1. The summed E-state index contributed by atoms with van der Waals surface area (Å²) in [6, 6.07) is 0. The number of nitrogens with zero attached hydrogens (tertiary/aromatic N) is 1. The number of thiol groups is 1. The van der Waals surface area contributed by atoms with Gasteiger partial charge in [-0.25, -0.2) is 4.79 Å². The van der Waals surface area contributed by atoms with Crippen molar-refractivity contribution < 1.29 is 14.3 Å². The molecule has 0 aromatic carbocycles. The first-order valence-corrected chi connectivity index (χ1v) is 8.12. The lowest BCUT2D eigenvalue weighted by molar-refractivity contribution is -0.117. The fraction of sp³-hybridized carbons (Fsp3) is 0.571. The molecule has 4 nitrogen and oxygen atoms in total. The second-order valence-corrected chi connectivity index (χ2v) is 6.51. The molecule has 0 N–H and O–H groups in total. The monoisotopic (exact) mass is 313 g/mol. The molecule has 1 atom stereocenters. The highest BCUT2D eigenvalue weighted by Gasteiger charge is 2.34. The van der Waals surface area contributed by atoms with Gasteiger partial charge in [0.25, 0.3) is 0 Å². The zero-order chi connectivity index (χ0) is 14.9. The Morgan fingerprint density at radius 1 is 1.50 bits per heavy atom. The van der Waals surface area contributed by atoms with E-state index in [1.54, 1.807) is 11.8 Å². The molecule has 0 radical (unpaired) electrons. The van der Waals surface area contributed by atoms with E-state index < -0.39 is 0 Å². The Kier molecular flexibility index (Phi) is 4.75. The first kappa shape index (κ1) is 15.4. The first-order chi connectivity index (χ1) is 9.49. The van der Waals surface area contributed by atoms with Crippen molar-refractivity contribution in [2.45, 2.75) is 27.2 Å². The minimum absolute atomic E-state index is 0.0656. The summed E-state index contributed by atoms with van der Waals surface area (Å²) in [6.45, 7) is 6.61. The number of anilines is 1. The largest absolute Gasteiger partial charge is 0.462 e. The third-order valence-corrected chi connectivity index (χ3v) is 5.30. The third-order valence-electron chi connectivity index (χ3n) is 3.55. The highest BCUT2D eigenvalue weighted by Crippen LogP contribution is 2.38. The molecule has 2 rings (SSSR count). The molecule has 2 heterocycles. The summed E-state index contributed by atoms with van der Waals surface area (Å²) in [5.74, 6) is 0.659. The van der Waals surface area contributed by atoms with E-state index in [9.17, 15) is 9.59 Å². The summed E-state index contributed by atoms with van der Waals surface area (Å²) < 4.78 is 5.13. The summed E-state index contributed by atoms with van der Waals surface area (Å²) in [5, 5.41) is 0.729. The molecule has 1 amide bonds. The van der Waals surface area contributed by atoms with Gasteiger partial charge in [0.05, 0.1) is 12.2 Å². The SMILES string of the molecule is CCOC(=O)c1c(N2CC(CS)CC2=O)sc(C)c1C. The van der Waals surface area contributed by atoms with Crippen molar-refractivity contribution in [2.75, 3.05) is 23.8 Å². The van der Waals surface area contributed by atoms with Crippen LogP contribution >= 0.6 is 24.0 Å². The van der Waals surface area contributed by atoms with Crippen LogP contribution in [0.4, 0.5) is 5.00 Å². The Labute approximate surface area is 128 Å². The van der Waals surface area contributed by atoms with Crippen LogP contribution in [0.5, 0.6) is 0 Å². The fourth-order valence-electron chi connectivity index (χ4n) is 2.34. The molecular formula is C14H19NO3S2. The van der Waals surface area contributed by atoms with E-state index in [0.29, 0.717) is 30.9 Å². The lowest BCUT2D eigenvalue weighted by atomic mass is 10.1. The average Bonchev–Trinajstić information content (AvgIpc) is 2.91. The van der Waals surface area contributed by atoms with Crippen molar-refractivity contribution in [3.63, 3.8) is 0 Å². The number of thiophene rings is 1. The molecule has 1 aromatic rings. The number of amides is 1. The predicted molar refractivity (Wildman–Crippen MR) is 84.1 cm³/mol. The van der Waals surface area contributed by atoms with Gasteiger partial charge < -0.3 is 9.64 Å². The maximum absolute atomic E-state index is 12.1. The Morgan fingerprint density at radius 3 is 2.75 bits per heavy atom. The van der Waals surface area contributed by atoms with E-state index in [1.807, 2.05) is 13.8 Å². The average molecular weight is 313 g/mol. The quantitative estimate of drug-likeness (QED) is 0.687. The fourth-order valence-corrected chi connectivity index (χ4v) is 3.76. The van der Waals surface area contributed by atoms with Crippen LogP contribution in [0, 0.1) is 19.8 Å². The molecule has 1 fully saturated rings. The van der Waals surface area contributed by atoms with Crippen LogP contribution in [-0.4, -0.2) is 30.8 Å². The van der Waals surface area contributed by atoms with E-state index in [2.05, 4.69) is 12.6 Å². The van der Waals surface area contributed by atoms with Crippen LogP contribution in [0.3, 0.4) is 0 Å². The summed E-state index contributed by atoms with van der Waals surface area (Å²) in [5.41, 5.74) is 1.45. The van der Waals surface area contributed by atoms with Gasteiger partial charge in [0.1, 0.15) is 5.00 Å². The van der Waals surface area contributed by atoms with Crippen LogP contribution in [0.1, 0.15) is 34.1 Å². The molecule has 6 heteroatoms. The van der Waals surface area contributed by atoms with Gasteiger partial charge in [0.15, 0.2) is 0 Å². The zero-order valence-electron chi connectivity index (χ0n) is 11.9. The van der Waals surface area contributed by atoms with Gasteiger partial charge >= 0.3 is 5.97 Å². The van der Waals surface area contributed by atoms with E-state index in [1.165, 1.54) is 11.3 Å². The Balaban J connectivity index is 2.39. The van der Waals surface area contributed by atoms with Gasteiger partial charge in [0, 0.05) is 17.8 Å². The van der Waals surface area contributed by atoms with Crippen LogP contribution in [-0.2, 0) is 9.53 Å². The van der Waals surface area contributed by atoms with E-state index >= 15 is 0 Å². The topological polar surface area (TPSA) is 46.6 Å². The number of esters is 1. The van der Waals surface area contributed by atoms with Gasteiger partial charge in [-0.1, -0.05) is 0 Å². The van der Waals surface area contributed by atoms with Gasteiger partial charge in [-0.15, -0.1) is 11.3 Å².